The minimum absolute atomic E-state index is 0.272. The highest BCUT2D eigenvalue weighted by molar-refractivity contribution is 7.09. The summed E-state index contributed by atoms with van der Waals surface area (Å²) in [6.07, 6.45) is 3.76. The van der Waals surface area contributed by atoms with E-state index in [0.29, 0.717) is 6.42 Å². The molecule has 0 saturated carbocycles. The summed E-state index contributed by atoms with van der Waals surface area (Å²) in [6.45, 7) is 2.95. The lowest BCUT2D eigenvalue weighted by atomic mass is 10.2. The van der Waals surface area contributed by atoms with Crippen molar-refractivity contribution >= 4 is 17.2 Å². The second kappa shape index (κ2) is 6.62. The molecule has 15 heavy (non-hydrogen) atoms. The molecule has 0 radical (unpaired) electrons. The number of amides is 1. The number of unbranched alkanes of at least 4 members (excludes halogenated alkanes) is 1. The Kier molecular flexibility index (Phi) is 5.40. The summed E-state index contributed by atoms with van der Waals surface area (Å²) < 4.78 is 0. The van der Waals surface area contributed by atoms with Gasteiger partial charge in [-0.25, -0.2) is 0 Å². The zero-order valence-corrected chi connectivity index (χ0v) is 10.3. The molecule has 3 heteroatoms. The molecule has 1 aromatic heterocycles. The molecule has 84 valence electrons. The standard InChI is InChI=1S/C12H19NOS/c1-3-4-7-12(14)13(2)9-8-11-6-5-10-15-11/h5-6,10H,3-4,7-9H2,1-2H3. The Bertz CT molecular complexity index is 282. The van der Waals surface area contributed by atoms with Crippen molar-refractivity contribution in [2.24, 2.45) is 0 Å². The van der Waals surface area contributed by atoms with Gasteiger partial charge in [0.15, 0.2) is 0 Å². The summed E-state index contributed by atoms with van der Waals surface area (Å²) >= 11 is 1.76. The summed E-state index contributed by atoms with van der Waals surface area (Å²) in [7, 11) is 1.89. The fourth-order valence-corrected chi connectivity index (χ4v) is 2.07. The van der Waals surface area contributed by atoms with Gasteiger partial charge in [-0.15, -0.1) is 11.3 Å². The van der Waals surface area contributed by atoms with E-state index in [1.165, 1.54) is 4.88 Å². The van der Waals surface area contributed by atoms with Gasteiger partial charge in [0.05, 0.1) is 0 Å². The van der Waals surface area contributed by atoms with Crippen molar-refractivity contribution in [1.29, 1.82) is 0 Å². The van der Waals surface area contributed by atoms with E-state index in [0.717, 1.165) is 25.8 Å². The smallest absolute Gasteiger partial charge is 0.222 e. The second-order valence-corrected chi connectivity index (χ2v) is 4.78. The van der Waals surface area contributed by atoms with Crippen LogP contribution in [0.25, 0.3) is 0 Å². The van der Waals surface area contributed by atoms with Gasteiger partial charge in [0.2, 0.25) is 5.91 Å². The zero-order valence-electron chi connectivity index (χ0n) is 9.53. The van der Waals surface area contributed by atoms with E-state index in [1.54, 1.807) is 11.3 Å². The SMILES string of the molecule is CCCCC(=O)N(C)CCc1cccs1. The van der Waals surface area contributed by atoms with Crippen LogP contribution in [0.2, 0.25) is 0 Å². The van der Waals surface area contributed by atoms with Crippen LogP contribution in [0.5, 0.6) is 0 Å². The molecule has 0 aromatic carbocycles. The van der Waals surface area contributed by atoms with Gasteiger partial charge >= 0.3 is 0 Å². The Labute approximate surface area is 95.9 Å². The molecule has 0 N–H and O–H groups in total. The van der Waals surface area contributed by atoms with Crippen LogP contribution in [0, 0.1) is 0 Å². The largest absolute Gasteiger partial charge is 0.345 e. The average Bonchev–Trinajstić information content (AvgIpc) is 2.75. The van der Waals surface area contributed by atoms with Crippen LogP contribution >= 0.6 is 11.3 Å². The van der Waals surface area contributed by atoms with Crippen LogP contribution in [0.4, 0.5) is 0 Å². The first-order chi connectivity index (χ1) is 7.24. The maximum absolute atomic E-state index is 11.6. The normalized spacial score (nSPS) is 10.3. The van der Waals surface area contributed by atoms with Gasteiger partial charge < -0.3 is 4.90 Å². The van der Waals surface area contributed by atoms with E-state index in [1.807, 2.05) is 11.9 Å². The summed E-state index contributed by atoms with van der Waals surface area (Å²) in [5.74, 6) is 0.272. The molecule has 0 bridgehead atoms. The molecule has 1 aromatic rings. The third-order valence-electron chi connectivity index (χ3n) is 2.44. The highest BCUT2D eigenvalue weighted by atomic mass is 32.1. The van der Waals surface area contributed by atoms with Crippen molar-refractivity contribution in [3.8, 4) is 0 Å². The van der Waals surface area contributed by atoms with E-state index in [9.17, 15) is 4.79 Å². The minimum Gasteiger partial charge on any atom is -0.345 e. The Morgan fingerprint density at radius 1 is 1.53 bits per heavy atom. The third-order valence-corrected chi connectivity index (χ3v) is 3.38. The molecule has 0 spiro atoms. The van der Waals surface area contributed by atoms with Gasteiger partial charge in [0, 0.05) is 24.9 Å². The monoisotopic (exact) mass is 225 g/mol. The predicted molar refractivity (Wildman–Crippen MR) is 65.2 cm³/mol. The van der Waals surface area contributed by atoms with Gasteiger partial charge in [-0.05, 0) is 24.3 Å². The van der Waals surface area contributed by atoms with Crippen LogP contribution in [-0.2, 0) is 11.2 Å². The molecule has 0 saturated heterocycles. The molecular formula is C12H19NOS. The highest BCUT2D eigenvalue weighted by Gasteiger charge is 2.07. The van der Waals surface area contributed by atoms with Crippen molar-refractivity contribution in [3.05, 3.63) is 22.4 Å². The quantitative estimate of drug-likeness (QED) is 0.729. The first kappa shape index (κ1) is 12.2. The maximum Gasteiger partial charge on any atom is 0.222 e. The summed E-state index contributed by atoms with van der Waals surface area (Å²) in [6, 6.07) is 4.17. The van der Waals surface area contributed by atoms with Crippen LogP contribution in [0.1, 0.15) is 31.1 Å². The van der Waals surface area contributed by atoms with E-state index >= 15 is 0 Å². The zero-order chi connectivity index (χ0) is 11.1. The number of likely N-dealkylation sites (N-methyl/N-ethyl adjacent to an activating group) is 1. The van der Waals surface area contributed by atoms with Crippen molar-refractivity contribution in [2.45, 2.75) is 32.6 Å². The molecule has 1 rings (SSSR count). The van der Waals surface area contributed by atoms with Crippen molar-refractivity contribution in [2.75, 3.05) is 13.6 Å². The lowest BCUT2D eigenvalue weighted by Gasteiger charge is -2.16. The second-order valence-electron chi connectivity index (χ2n) is 3.75. The van der Waals surface area contributed by atoms with E-state index in [2.05, 4.69) is 24.4 Å². The summed E-state index contributed by atoms with van der Waals surface area (Å²) in [5, 5.41) is 2.08. The van der Waals surface area contributed by atoms with Crippen LogP contribution in [-0.4, -0.2) is 24.4 Å². The minimum atomic E-state index is 0.272. The molecule has 0 aliphatic carbocycles. The van der Waals surface area contributed by atoms with Gasteiger partial charge in [-0.2, -0.15) is 0 Å². The molecule has 2 nitrogen and oxygen atoms in total. The maximum atomic E-state index is 11.6. The summed E-state index contributed by atoms with van der Waals surface area (Å²) in [4.78, 5) is 14.8. The number of carbonyl (C=O) groups is 1. The Hall–Kier alpha value is -0.830. The topological polar surface area (TPSA) is 20.3 Å². The van der Waals surface area contributed by atoms with Gasteiger partial charge in [-0.3, -0.25) is 4.79 Å². The molecule has 0 aliphatic rings. The number of nitrogens with zero attached hydrogens (tertiary/aromatic N) is 1. The summed E-state index contributed by atoms with van der Waals surface area (Å²) in [5.41, 5.74) is 0. The molecule has 1 amide bonds. The number of rotatable bonds is 6. The van der Waals surface area contributed by atoms with Crippen LogP contribution < -0.4 is 0 Å². The number of hydrogen-bond acceptors (Lipinski definition) is 2. The van der Waals surface area contributed by atoms with E-state index in [4.69, 9.17) is 0 Å². The van der Waals surface area contributed by atoms with E-state index in [-0.39, 0.29) is 5.91 Å². The van der Waals surface area contributed by atoms with Gasteiger partial charge in [0.1, 0.15) is 0 Å². The lowest BCUT2D eigenvalue weighted by Crippen LogP contribution is -2.28. The van der Waals surface area contributed by atoms with Crippen LogP contribution in [0.15, 0.2) is 17.5 Å². The predicted octanol–water partition coefficient (Wildman–Crippen LogP) is 2.94. The average molecular weight is 225 g/mol. The third kappa shape index (κ3) is 4.47. The Morgan fingerprint density at radius 2 is 2.33 bits per heavy atom. The lowest BCUT2D eigenvalue weighted by molar-refractivity contribution is -0.129. The Morgan fingerprint density at radius 3 is 2.93 bits per heavy atom. The first-order valence-electron chi connectivity index (χ1n) is 5.50. The number of carbonyl (C=O) groups excluding carboxylic acids is 1. The fraction of sp³-hybridized carbons (Fsp3) is 0.583. The van der Waals surface area contributed by atoms with Crippen molar-refractivity contribution < 1.29 is 4.79 Å². The molecule has 1 heterocycles. The van der Waals surface area contributed by atoms with Gasteiger partial charge in [-0.1, -0.05) is 19.4 Å². The highest BCUT2D eigenvalue weighted by Crippen LogP contribution is 2.09. The van der Waals surface area contributed by atoms with Gasteiger partial charge in [0.25, 0.3) is 0 Å². The Balaban J connectivity index is 2.23. The molecule has 0 aliphatic heterocycles. The van der Waals surface area contributed by atoms with Crippen LogP contribution in [0.3, 0.4) is 0 Å². The molecule has 0 fully saturated rings. The molecule has 0 unspecified atom stereocenters. The molecule has 0 atom stereocenters. The molecular weight excluding hydrogens is 206 g/mol. The number of hydrogen-bond donors (Lipinski definition) is 0. The van der Waals surface area contributed by atoms with Crippen molar-refractivity contribution in [1.82, 2.24) is 4.90 Å². The van der Waals surface area contributed by atoms with E-state index < -0.39 is 0 Å². The fourth-order valence-electron chi connectivity index (χ4n) is 1.38. The van der Waals surface area contributed by atoms with Crippen molar-refractivity contribution in [3.63, 3.8) is 0 Å². The number of thiophene rings is 1. The first-order valence-corrected chi connectivity index (χ1v) is 6.38.